The number of benzene rings is 2. The average Bonchev–Trinajstić information content (AvgIpc) is 2.76. The molecule has 8 heteroatoms. The van der Waals surface area contributed by atoms with Crippen LogP contribution in [0.1, 0.15) is 31.1 Å². The van der Waals surface area contributed by atoms with E-state index in [1.54, 1.807) is 12.1 Å². The van der Waals surface area contributed by atoms with E-state index in [1.165, 1.54) is 12.1 Å². The van der Waals surface area contributed by atoms with E-state index in [-0.39, 0.29) is 26.2 Å². The van der Waals surface area contributed by atoms with E-state index in [0.717, 1.165) is 12.1 Å². The van der Waals surface area contributed by atoms with Crippen molar-refractivity contribution in [3.63, 3.8) is 0 Å². The van der Waals surface area contributed by atoms with Crippen LogP contribution in [0.5, 0.6) is 0 Å². The normalized spacial score (nSPS) is 13.3. The Labute approximate surface area is 139 Å². The van der Waals surface area contributed by atoms with Gasteiger partial charge in [0.15, 0.2) is 5.82 Å². The van der Waals surface area contributed by atoms with Gasteiger partial charge in [0.2, 0.25) is 0 Å². The average molecular weight is 354 g/mol. The van der Waals surface area contributed by atoms with Crippen LogP contribution in [-0.4, -0.2) is 22.8 Å². The molecule has 0 fully saturated rings. The van der Waals surface area contributed by atoms with Gasteiger partial charge in [0, 0.05) is 5.02 Å². The van der Waals surface area contributed by atoms with Crippen molar-refractivity contribution in [3.8, 4) is 0 Å². The molecule has 2 aromatic carbocycles. The molecule has 0 radical (unpaired) electrons. The maximum Gasteiger partial charge on any atom is 0.367 e. The zero-order valence-electron chi connectivity index (χ0n) is 11.2. The minimum absolute atomic E-state index is 0.00529. The Morgan fingerprint density at radius 1 is 1.04 bits per heavy atom. The van der Waals surface area contributed by atoms with E-state index >= 15 is 0 Å². The molecule has 1 aliphatic heterocycles. The zero-order chi connectivity index (χ0) is 16.7. The molecule has 3 rings (SSSR count). The Kier molecular flexibility index (Phi) is 3.79. The number of amides is 2. The van der Waals surface area contributed by atoms with Crippen molar-refractivity contribution in [1.29, 1.82) is 0 Å². The molecule has 0 N–H and O–H groups in total. The highest BCUT2D eigenvalue weighted by Crippen LogP contribution is 2.27. The lowest BCUT2D eigenvalue weighted by Gasteiger charge is -2.13. The molecule has 2 amide bonds. The standard InChI is InChI=1S/C15H6Cl2FNO4/c16-7-5-10(12(18)11(17)6-7)15(22)23-19-13(20)8-3-1-2-4-9(8)14(19)21/h1-6H. The van der Waals surface area contributed by atoms with Gasteiger partial charge in [-0.1, -0.05) is 40.4 Å². The fourth-order valence-corrected chi connectivity index (χ4v) is 2.58. The highest BCUT2D eigenvalue weighted by Gasteiger charge is 2.39. The second-order valence-corrected chi connectivity index (χ2v) is 5.42. The van der Waals surface area contributed by atoms with E-state index in [9.17, 15) is 18.8 Å². The summed E-state index contributed by atoms with van der Waals surface area (Å²) in [4.78, 5) is 40.9. The summed E-state index contributed by atoms with van der Waals surface area (Å²) in [6.45, 7) is 0. The van der Waals surface area contributed by atoms with Crippen LogP contribution in [-0.2, 0) is 4.84 Å². The SMILES string of the molecule is O=C(ON1C(=O)c2ccccc2C1=O)c1cc(Cl)cc(Cl)c1F. The van der Waals surface area contributed by atoms with Gasteiger partial charge in [0.1, 0.15) is 5.56 Å². The molecule has 0 aromatic heterocycles. The highest BCUT2D eigenvalue weighted by atomic mass is 35.5. The summed E-state index contributed by atoms with van der Waals surface area (Å²) in [6, 6.07) is 8.05. The van der Waals surface area contributed by atoms with Crippen molar-refractivity contribution in [2.24, 2.45) is 0 Å². The van der Waals surface area contributed by atoms with Gasteiger partial charge in [-0.25, -0.2) is 9.18 Å². The van der Waals surface area contributed by atoms with Gasteiger partial charge in [0.25, 0.3) is 11.8 Å². The van der Waals surface area contributed by atoms with Crippen molar-refractivity contribution in [1.82, 2.24) is 5.06 Å². The molecule has 1 aliphatic rings. The highest BCUT2D eigenvalue weighted by molar-refractivity contribution is 6.35. The zero-order valence-corrected chi connectivity index (χ0v) is 12.7. The first-order valence-corrected chi connectivity index (χ1v) is 7.00. The molecular formula is C15H6Cl2FNO4. The summed E-state index contributed by atoms with van der Waals surface area (Å²) in [5.74, 6) is -3.95. The molecule has 5 nitrogen and oxygen atoms in total. The van der Waals surface area contributed by atoms with Crippen LogP contribution >= 0.6 is 23.2 Å². The van der Waals surface area contributed by atoms with E-state index in [1.807, 2.05) is 0 Å². The topological polar surface area (TPSA) is 63.7 Å². The number of nitrogens with zero attached hydrogens (tertiary/aromatic N) is 1. The van der Waals surface area contributed by atoms with Gasteiger partial charge < -0.3 is 4.84 Å². The monoisotopic (exact) mass is 353 g/mol. The van der Waals surface area contributed by atoms with Crippen LogP contribution in [0.4, 0.5) is 4.39 Å². The number of rotatable bonds is 2. The smallest absolute Gasteiger partial charge is 0.324 e. The van der Waals surface area contributed by atoms with Crippen LogP contribution < -0.4 is 0 Å². The minimum atomic E-state index is -1.26. The predicted octanol–water partition coefficient (Wildman–Crippen LogP) is 3.50. The lowest BCUT2D eigenvalue weighted by molar-refractivity contribution is -0.0587. The summed E-state index contributed by atoms with van der Waals surface area (Å²) in [5.41, 5.74) is -0.399. The van der Waals surface area contributed by atoms with Gasteiger partial charge in [0.05, 0.1) is 16.1 Å². The second kappa shape index (κ2) is 5.64. The Balaban J connectivity index is 1.91. The summed E-state index contributed by atoms with van der Waals surface area (Å²) in [5, 5.41) is -0.0983. The number of carbonyl (C=O) groups is 3. The Bertz CT molecular complexity index is 834. The summed E-state index contributed by atoms with van der Waals surface area (Å²) in [7, 11) is 0. The third-order valence-electron chi connectivity index (χ3n) is 3.14. The molecule has 0 aliphatic carbocycles. The van der Waals surface area contributed by atoms with Crippen LogP contribution in [0.15, 0.2) is 36.4 Å². The molecule has 0 spiro atoms. The molecule has 0 bridgehead atoms. The lowest BCUT2D eigenvalue weighted by Crippen LogP contribution is -2.33. The first-order chi connectivity index (χ1) is 10.9. The van der Waals surface area contributed by atoms with Crippen molar-refractivity contribution in [2.75, 3.05) is 0 Å². The molecule has 1 heterocycles. The number of carbonyl (C=O) groups excluding carboxylic acids is 3. The van der Waals surface area contributed by atoms with E-state index in [0.29, 0.717) is 0 Å². The van der Waals surface area contributed by atoms with Gasteiger partial charge in [-0.3, -0.25) is 9.59 Å². The molecule has 23 heavy (non-hydrogen) atoms. The van der Waals surface area contributed by atoms with E-state index < -0.39 is 29.2 Å². The van der Waals surface area contributed by atoms with Crippen molar-refractivity contribution in [2.45, 2.75) is 0 Å². The summed E-state index contributed by atoms with van der Waals surface area (Å²) < 4.78 is 13.9. The van der Waals surface area contributed by atoms with Crippen LogP contribution in [0.2, 0.25) is 10.0 Å². The van der Waals surface area contributed by atoms with Gasteiger partial charge in [-0.15, -0.1) is 0 Å². The predicted molar refractivity (Wildman–Crippen MR) is 78.8 cm³/mol. The minimum Gasteiger partial charge on any atom is -0.324 e. The van der Waals surface area contributed by atoms with E-state index in [4.69, 9.17) is 28.0 Å². The summed E-state index contributed by atoms with van der Waals surface area (Å²) >= 11 is 11.3. The largest absolute Gasteiger partial charge is 0.367 e. The third kappa shape index (κ3) is 2.56. The fraction of sp³-hybridized carbons (Fsp3) is 0. The van der Waals surface area contributed by atoms with Crippen molar-refractivity contribution < 1.29 is 23.6 Å². The van der Waals surface area contributed by atoms with Crippen molar-refractivity contribution in [3.05, 3.63) is 69.0 Å². The van der Waals surface area contributed by atoms with Crippen LogP contribution in [0.25, 0.3) is 0 Å². The molecule has 0 saturated carbocycles. The van der Waals surface area contributed by atoms with Gasteiger partial charge in [-0.05, 0) is 24.3 Å². The first-order valence-electron chi connectivity index (χ1n) is 6.25. The molecule has 0 atom stereocenters. The molecule has 0 unspecified atom stereocenters. The Morgan fingerprint density at radius 2 is 1.61 bits per heavy atom. The van der Waals surface area contributed by atoms with Crippen LogP contribution in [0, 0.1) is 5.82 Å². The van der Waals surface area contributed by atoms with Gasteiger partial charge >= 0.3 is 5.97 Å². The van der Waals surface area contributed by atoms with E-state index in [2.05, 4.69) is 0 Å². The molecule has 116 valence electrons. The molecule has 0 saturated heterocycles. The molecule has 2 aromatic rings. The maximum atomic E-state index is 13.9. The van der Waals surface area contributed by atoms with Crippen LogP contribution in [0.3, 0.4) is 0 Å². The Morgan fingerprint density at radius 3 is 2.17 bits per heavy atom. The maximum absolute atomic E-state index is 13.9. The number of halogens is 3. The number of hydroxylamine groups is 2. The van der Waals surface area contributed by atoms with Crippen molar-refractivity contribution >= 4 is 41.0 Å². The number of hydrogen-bond acceptors (Lipinski definition) is 4. The number of hydrogen-bond donors (Lipinski definition) is 0. The number of imide groups is 1. The third-order valence-corrected chi connectivity index (χ3v) is 3.64. The summed E-state index contributed by atoms with van der Waals surface area (Å²) in [6.07, 6.45) is 0. The molecular weight excluding hydrogens is 348 g/mol. The fourth-order valence-electron chi connectivity index (χ4n) is 2.09. The number of fused-ring (bicyclic) bond motifs is 1. The first kappa shape index (κ1) is 15.5. The lowest BCUT2D eigenvalue weighted by atomic mass is 10.1. The second-order valence-electron chi connectivity index (χ2n) is 4.58. The van der Waals surface area contributed by atoms with Gasteiger partial charge in [-0.2, -0.15) is 0 Å². The Hall–Kier alpha value is -2.44. The quantitative estimate of drug-likeness (QED) is 0.612.